The van der Waals surface area contributed by atoms with Crippen LogP contribution in [-0.4, -0.2) is 11.5 Å². The molecule has 1 heterocycles. The topological polar surface area (TPSA) is 24.7 Å². The van der Waals surface area contributed by atoms with E-state index in [-0.39, 0.29) is 0 Å². The van der Waals surface area contributed by atoms with E-state index >= 15 is 0 Å². The number of rotatable bonds is 8. The predicted molar refractivity (Wildman–Crippen MR) is 207 cm³/mol. The van der Waals surface area contributed by atoms with Crippen LogP contribution in [0.25, 0.3) is 26.9 Å². The van der Waals surface area contributed by atoms with Gasteiger partial charge in [-0.05, 0) is 69.0 Å². The summed E-state index contributed by atoms with van der Waals surface area (Å²) in [5.41, 5.74) is 10.6. The van der Waals surface area contributed by atoms with Crippen molar-refractivity contribution in [2.75, 3.05) is 0 Å². The van der Waals surface area contributed by atoms with Crippen molar-refractivity contribution in [3.8, 4) is 0 Å². The van der Waals surface area contributed by atoms with E-state index in [1.165, 1.54) is 32.4 Å². The Balaban J connectivity index is 1.33. The van der Waals surface area contributed by atoms with Gasteiger partial charge in [-0.25, -0.2) is 9.98 Å². The van der Waals surface area contributed by atoms with Crippen LogP contribution in [0.2, 0.25) is 0 Å². The molecule has 2 nitrogen and oxygen atoms in total. The Kier molecular flexibility index (Phi) is 9.13. The summed E-state index contributed by atoms with van der Waals surface area (Å²) in [5, 5.41) is 1.18. The molecule has 0 spiro atoms. The van der Waals surface area contributed by atoms with Crippen LogP contribution in [-0.2, 0) is 0 Å². The second-order valence-corrected chi connectivity index (χ2v) is 12.6. The second-order valence-electron chi connectivity index (χ2n) is 11.5. The first-order chi connectivity index (χ1) is 23.6. The molecule has 0 fully saturated rings. The molecular weight excluding hydrogens is 601 g/mol. The Morgan fingerprint density at radius 2 is 0.875 bits per heavy atom. The number of hydrogen-bond donors (Lipinski definition) is 0. The summed E-state index contributed by atoms with van der Waals surface area (Å²) in [6, 6.07) is 61.3. The molecule has 0 saturated carbocycles. The zero-order valence-corrected chi connectivity index (χ0v) is 27.6. The Labute approximate surface area is 286 Å². The number of thiophene rings is 1. The fraction of sp³-hybridized carbons (Fsp3) is 0.0222. The molecule has 0 N–H and O–H groups in total. The maximum absolute atomic E-state index is 5.14. The Bertz CT molecular complexity index is 2190. The smallest absolute Gasteiger partial charge is 0.170 e. The number of nitrogens with zero attached hydrogens (tertiary/aromatic N) is 2. The van der Waals surface area contributed by atoms with E-state index in [0.717, 1.165) is 32.8 Å². The maximum Gasteiger partial charge on any atom is 0.170 e. The van der Waals surface area contributed by atoms with Crippen molar-refractivity contribution in [1.29, 1.82) is 0 Å². The Morgan fingerprint density at radius 3 is 1.38 bits per heavy atom. The molecule has 0 atom stereocenters. The van der Waals surface area contributed by atoms with E-state index < -0.39 is 0 Å². The van der Waals surface area contributed by atoms with Gasteiger partial charge in [0, 0.05) is 10.4 Å². The van der Waals surface area contributed by atoms with Gasteiger partial charge in [0.25, 0.3) is 0 Å². The van der Waals surface area contributed by atoms with E-state index in [0.29, 0.717) is 11.5 Å². The van der Waals surface area contributed by atoms with Gasteiger partial charge in [0.05, 0.1) is 10.6 Å². The van der Waals surface area contributed by atoms with Crippen molar-refractivity contribution < 1.29 is 0 Å². The maximum atomic E-state index is 5.14. The highest BCUT2D eigenvalue weighted by Gasteiger charge is 2.17. The van der Waals surface area contributed by atoms with E-state index in [1.54, 1.807) is 11.3 Å². The standard InChI is InChI=1S/C45H34N2S/c1-32(34-17-7-3-8-18-34)46-45(42-31-40-25-15-16-26-41(40)48-42)47-33(2)35-27-29-39(30-28-35)44(38-23-13-6-14-24-38)43(36-19-9-4-10-20-36)37-21-11-5-12-22-37/h3-31H,1H2,2H3. The van der Waals surface area contributed by atoms with E-state index in [1.807, 2.05) is 30.3 Å². The normalized spacial score (nSPS) is 11.8. The highest BCUT2D eigenvalue weighted by Crippen LogP contribution is 2.37. The van der Waals surface area contributed by atoms with Crippen LogP contribution in [0.5, 0.6) is 0 Å². The van der Waals surface area contributed by atoms with Crippen LogP contribution < -0.4 is 0 Å². The van der Waals surface area contributed by atoms with Gasteiger partial charge in [0.2, 0.25) is 0 Å². The third kappa shape index (κ3) is 6.78. The largest absolute Gasteiger partial charge is 0.232 e. The lowest BCUT2D eigenvalue weighted by Crippen LogP contribution is -2.03. The summed E-state index contributed by atoms with van der Waals surface area (Å²) in [6.07, 6.45) is 0. The summed E-state index contributed by atoms with van der Waals surface area (Å²) < 4.78 is 1.20. The minimum Gasteiger partial charge on any atom is -0.232 e. The van der Waals surface area contributed by atoms with E-state index in [9.17, 15) is 0 Å². The minimum absolute atomic E-state index is 0.659. The zero-order valence-electron chi connectivity index (χ0n) is 26.8. The van der Waals surface area contributed by atoms with Crippen LogP contribution >= 0.6 is 11.3 Å². The average Bonchev–Trinajstić information content (AvgIpc) is 3.60. The van der Waals surface area contributed by atoms with Crippen molar-refractivity contribution >= 4 is 49.8 Å². The molecule has 0 amide bonds. The first-order valence-electron chi connectivity index (χ1n) is 16.0. The Hall–Kier alpha value is -5.90. The van der Waals surface area contributed by atoms with Crippen molar-refractivity contribution in [2.24, 2.45) is 9.98 Å². The molecule has 0 aliphatic heterocycles. The zero-order chi connectivity index (χ0) is 32.7. The molecule has 1 aromatic heterocycles. The molecule has 0 aliphatic carbocycles. The Morgan fingerprint density at radius 1 is 0.458 bits per heavy atom. The van der Waals surface area contributed by atoms with Gasteiger partial charge in [-0.2, -0.15) is 0 Å². The molecule has 48 heavy (non-hydrogen) atoms. The monoisotopic (exact) mass is 634 g/mol. The summed E-state index contributed by atoms with van der Waals surface area (Å²) >= 11 is 1.70. The fourth-order valence-corrected chi connectivity index (χ4v) is 6.87. The quantitative estimate of drug-likeness (QED) is 0.0903. The third-order valence-corrected chi connectivity index (χ3v) is 9.41. The second kappa shape index (κ2) is 14.3. The van der Waals surface area contributed by atoms with Gasteiger partial charge in [0.1, 0.15) is 0 Å². The summed E-state index contributed by atoms with van der Waals surface area (Å²) in [5.74, 6) is 0.659. The molecule has 7 aromatic rings. The molecule has 0 bridgehead atoms. The highest BCUT2D eigenvalue weighted by atomic mass is 32.1. The van der Waals surface area contributed by atoms with E-state index in [2.05, 4.69) is 159 Å². The van der Waals surface area contributed by atoms with Crippen LogP contribution in [0.1, 0.15) is 45.2 Å². The lowest BCUT2D eigenvalue weighted by Gasteiger charge is -2.18. The number of aliphatic imine (C=N–C) groups is 2. The van der Waals surface area contributed by atoms with Crippen LogP contribution in [0.4, 0.5) is 0 Å². The van der Waals surface area contributed by atoms with Gasteiger partial charge in [-0.3, -0.25) is 0 Å². The first kappa shape index (κ1) is 30.7. The molecule has 0 unspecified atom stereocenters. The van der Waals surface area contributed by atoms with Gasteiger partial charge >= 0.3 is 0 Å². The molecule has 7 rings (SSSR count). The van der Waals surface area contributed by atoms with Gasteiger partial charge in [-0.15, -0.1) is 11.3 Å². The highest BCUT2D eigenvalue weighted by molar-refractivity contribution is 7.20. The van der Waals surface area contributed by atoms with Crippen molar-refractivity contribution in [2.45, 2.75) is 6.92 Å². The van der Waals surface area contributed by atoms with Gasteiger partial charge in [-0.1, -0.05) is 170 Å². The molecule has 0 radical (unpaired) electrons. The summed E-state index contributed by atoms with van der Waals surface area (Å²) in [6.45, 7) is 6.35. The molecule has 230 valence electrons. The van der Waals surface area contributed by atoms with Gasteiger partial charge < -0.3 is 0 Å². The molecular formula is C45H34N2S. The third-order valence-electron chi connectivity index (χ3n) is 8.30. The van der Waals surface area contributed by atoms with Crippen molar-refractivity contribution in [1.82, 2.24) is 0 Å². The summed E-state index contributed by atoms with van der Waals surface area (Å²) in [7, 11) is 0. The summed E-state index contributed by atoms with van der Waals surface area (Å²) in [4.78, 5) is 11.1. The van der Waals surface area contributed by atoms with Gasteiger partial charge in [0.15, 0.2) is 5.84 Å². The number of fused-ring (bicyclic) bond motifs is 1. The average molecular weight is 635 g/mol. The number of benzene rings is 6. The number of amidine groups is 1. The van der Waals surface area contributed by atoms with Crippen molar-refractivity contribution in [3.05, 3.63) is 221 Å². The predicted octanol–water partition coefficient (Wildman–Crippen LogP) is 11.8. The first-order valence-corrected chi connectivity index (χ1v) is 16.8. The lowest BCUT2D eigenvalue weighted by molar-refractivity contribution is 1.45. The molecule has 3 heteroatoms. The van der Waals surface area contributed by atoms with Crippen LogP contribution in [0.15, 0.2) is 192 Å². The SMILES string of the molecule is C=C(N=C(N=C(C)c1ccc(C(=C(c2ccccc2)c2ccccc2)c2ccccc2)cc1)c1cc2ccccc2s1)c1ccccc1. The molecule has 6 aromatic carbocycles. The lowest BCUT2D eigenvalue weighted by atomic mass is 9.85. The van der Waals surface area contributed by atoms with E-state index in [4.69, 9.17) is 9.98 Å². The molecule has 0 aliphatic rings. The fourth-order valence-electron chi connectivity index (χ4n) is 5.88. The number of hydrogen-bond acceptors (Lipinski definition) is 2. The van der Waals surface area contributed by atoms with Crippen molar-refractivity contribution in [3.63, 3.8) is 0 Å². The molecule has 0 saturated heterocycles. The van der Waals surface area contributed by atoms with Crippen LogP contribution in [0, 0.1) is 0 Å². The minimum atomic E-state index is 0.659. The van der Waals surface area contributed by atoms with Crippen LogP contribution in [0.3, 0.4) is 0 Å².